The average molecular weight is 522 g/mol. The molecule has 0 bridgehead atoms. The van der Waals surface area contributed by atoms with Crippen molar-refractivity contribution in [3.8, 4) is 5.75 Å². The predicted octanol–water partition coefficient (Wildman–Crippen LogP) is 4.98. The lowest BCUT2D eigenvalue weighted by molar-refractivity contribution is -0.384. The average Bonchev–Trinajstić information content (AvgIpc) is 3.45. The normalized spacial score (nSPS) is 22.2. The van der Waals surface area contributed by atoms with Crippen molar-refractivity contribution in [2.45, 2.75) is 17.6 Å². The van der Waals surface area contributed by atoms with Gasteiger partial charge in [0.2, 0.25) is 5.91 Å². The van der Waals surface area contributed by atoms with Gasteiger partial charge in [-0.2, -0.15) is 0 Å². The molecule has 2 fully saturated rings. The molecule has 2 aliphatic rings. The van der Waals surface area contributed by atoms with Crippen molar-refractivity contribution in [3.63, 3.8) is 0 Å². The lowest BCUT2D eigenvalue weighted by atomic mass is 9.69. The number of methoxy groups -OCH3 is 1. The zero-order valence-electron chi connectivity index (χ0n) is 20.8. The quantitative estimate of drug-likeness (QED) is 0.200. The molecule has 194 valence electrons. The standard InChI is InChI=1S/C30H23N3O6/c1-38-25-18-16-22(17-19-25)31-28(34)27-30(29(31)35,21-12-14-24(15-13-21)33(36)37)26(20-8-4-2-5-9-20)32(39-27)23-10-6-3-7-11-23/h2-19,26-27H,1H3. The number of para-hydroxylation sites is 1. The summed E-state index contributed by atoms with van der Waals surface area (Å²) in [6, 6.07) is 30.3. The van der Waals surface area contributed by atoms with E-state index < -0.39 is 34.3 Å². The number of nitro benzene ring substituents is 1. The van der Waals surface area contributed by atoms with E-state index in [1.807, 2.05) is 60.7 Å². The van der Waals surface area contributed by atoms with E-state index in [0.717, 1.165) is 10.5 Å². The number of hydrogen-bond donors (Lipinski definition) is 0. The lowest BCUT2D eigenvalue weighted by Gasteiger charge is -2.35. The molecule has 0 saturated carbocycles. The molecule has 9 heteroatoms. The first-order valence-corrected chi connectivity index (χ1v) is 12.3. The lowest BCUT2D eigenvalue weighted by Crippen LogP contribution is -2.46. The largest absolute Gasteiger partial charge is 0.497 e. The van der Waals surface area contributed by atoms with Gasteiger partial charge in [0.05, 0.1) is 23.4 Å². The van der Waals surface area contributed by atoms with Crippen LogP contribution >= 0.6 is 0 Å². The van der Waals surface area contributed by atoms with Crippen LogP contribution in [0.1, 0.15) is 17.2 Å². The second-order valence-corrected chi connectivity index (χ2v) is 9.31. The summed E-state index contributed by atoms with van der Waals surface area (Å²) in [6.45, 7) is 0. The van der Waals surface area contributed by atoms with Gasteiger partial charge in [-0.15, -0.1) is 0 Å². The number of amides is 2. The highest BCUT2D eigenvalue weighted by molar-refractivity contribution is 6.28. The van der Waals surface area contributed by atoms with Crippen LogP contribution in [-0.4, -0.2) is 30.0 Å². The fourth-order valence-corrected chi connectivity index (χ4v) is 5.54. The molecule has 0 spiro atoms. The fraction of sp³-hybridized carbons (Fsp3) is 0.133. The minimum absolute atomic E-state index is 0.120. The molecule has 4 aromatic rings. The number of non-ortho nitro benzene ring substituents is 1. The van der Waals surface area contributed by atoms with Gasteiger partial charge in [-0.1, -0.05) is 60.7 Å². The van der Waals surface area contributed by atoms with Crippen LogP contribution in [0.25, 0.3) is 0 Å². The van der Waals surface area contributed by atoms with Crippen molar-refractivity contribution in [2.24, 2.45) is 0 Å². The van der Waals surface area contributed by atoms with Crippen LogP contribution in [0.15, 0.2) is 109 Å². The molecule has 0 N–H and O–H groups in total. The first kappa shape index (κ1) is 24.3. The first-order valence-electron chi connectivity index (χ1n) is 12.3. The number of rotatable bonds is 6. The van der Waals surface area contributed by atoms with E-state index in [4.69, 9.17) is 9.57 Å². The van der Waals surface area contributed by atoms with Crippen LogP contribution < -0.4 is 14.7 Å². The van der Waals surface area contributed by atoms with Crippen molar-refractivity contribution in [2.75, 3.05) is 17.1 Å². The summed E-state index contributed by atoms with van der Waals surface area (Å²) in [6.07, 6.45) is -1.22. The number of hydrogen-bond acceptors (Lipinski definition) is 7. The summed E-state index contributed by atoms with van der Waals surface area (Å²) < 4.78 is 5.24. The van der Waals surface area contributed by atoms with E-state index in [1.165, 1.54) is 19.2 Å². The van der Waals surface area contributed by atoms with Gasteiger partial charge in [-0.25, -0.2) is 9.96 Å². The van der Waals surface area contributed by atoms with Crippen LogP contribution in [0.2, 0.25) is 0 Å². The maximum absolute atomic E-state index is 14.7. The molecule has 39 heavy (non-hydrogen) atoms. The zero-order chi connectivity index (χ0) is 27.1. The highest BCUT2D eigenvalue weighted by Crippen LogP contribution is 2.57. The third-order valence-corrected chi connectivity index (χ3v) is 7.31. The Hall–Kier alpha value is -5.02. The topological polar surface area (TPSA) is 102 Å². The molecular weight excluding hydrogens is 498 g/mol. The Balaban J connectivity index is 1.59. The Bertz CT molecular complexity index is 1540. The summed E-state index contributed by atoms with van der Waals surface area (Å²) in [7, 11) is 1.53. The highest BCUT2D eigenvalue weighted by atomic mass is 16.7. The Morgan fingerprint density at radius 1 is 0.821 bits per heavy atom. The van der Waals surface area contributed by atoms with E-state index in [1.54, 1.807) is 41.5 Å². The Kier molecular flexibility index (Phi) is 5.85. The van der Waals surface area contributed by atoms with Crippen molar-refractivity contribution in [1.29, 1.82) is 0 Å². The Labute approximate surface area is 223 Å². The number of anilines is 2. The second-order valence-electron chi connectivity index (χ2n) is 9.31. The van der Waals surface area contributed by atoms with Crippen LogP contribution in [0, 0.1) is 10.1 Å². The smallest absolute Gasteiger partial charge is 0.269 e. The van der Waals surface area contributed by atoms with Gasteiger partial charge in [-0.05, 0) is 47.5 Å². The van der Waals surface area contributed by atoms with Gasteiger partial charge >= 0.3 is 0 Å². The van der Waals surface area contributed by atoms with E-state index in [2.05, 4.69) is 0 Å². The molecule has 3 unspecified atom stereocenters. The van der Waals surface area contributed by atoms with Crippen molar-refractivity contribution in [3.05, 3.63) is 130 Å². The Morgan fingerprint density at radius 3 is 2.03 bits per heavy atom. The summed E-state index contributed by atoms with van der Waals surface area (Å²) in [5, 5.41) is 13.0. The molecule has 6 rings (SSSR count). The number of imide groups is 1. The van der Waals surface area contributed by atoms with Gasteiger partial charge in [0.25, 0.3) is 11.6 Å². The number of carbonyl (C=O) groups excluding carboxylic acids is 2. The van der Waals surface area contributed by atoms with E-state index in [-0.39, 0.29) is 5.69 Å². The maximum atomic E-state index is 14.7. The van der Waals surface area contributed by atoms with Gasteiger partial charge in [-0.3, -0.25) is 24.5 Å². The number of carbonyl (C=O) groups is 2. The molecule has 2 amide bonds. The fourth-order valence-electron chi connectivity index (χ4n) is 5.54. The molecule has 2 saturated heterocycles. The Morgan fingerprint density at radius 2 is 1.44 bits per heavy atom. The number of ether oxygens (including phenoxy) is 1. The first-order chi connectivity index (χ1) is 19.0. The minimum atomic E-state index is -1.54. The summed E-state index contributed by atoms with van der Waals surface area (Å²) in [4.78, 5) is 47.2. The van der Waals surface area contributed by atoms with Gasteiger partial charge in [0.1, 0.15) is 17.2 Å². The number of nitro groups is 1. The van der Waals surface area contributed by atoms with E-state index in [9.17, 15) is 19.7 Å². The van der Waals surface area contributed by atoms with Gasteiger partial charge in [0.15, 0.2) is 6.10 Å². The molecular formula is C30H23N3O6. The molecule has 4 aromatic carbocycles. The van der Waals surface area contributed by atoms with Crippen LogP contribution in [-0.2, 0) is 19.8 Å². The van der Waals surface area contributed by atoms with E-state index >= 15 is 0 Å². The second kappa shape index (κ2) is 9.38. The predicted molar refractivity (Wildman–Crippen MR) is 143 cm³/mol. The van der Waals surface area contributed by atoms with Crippen molar-refractivity contribution < 1.29 is 24.1 Å². The zero-order valence-corrected chi connectivity index (χ0v) is 20.8. The molecule has 2 aliphatic heterocycles. The number of fused-ring (bicyclic) bond motifs is 1. The van der Waals surface area contributed by atoms with Crippen molar-refractivity contribution >= 4 is 28.9 Å². The number of nitrogens with zero attached hydrogens (tertiary/aromatic N) is 3. The molecule has 3 atom stereocenters. The molecule has 9 nitrogen and oxygen atoms in total. The van der Waals surface area contributed by atoms with Crippen LogP contribution in [0.5, 0.6) is 5.75 Å². The molecule has 0 aliphatic carbocycles. The molecule has 0 radical (unpaired) electrons. The maximum Gasteiger partial charge on any atom is 0.269 e. The van der Waals surface area contributed by atoms with Gasteiger partial charge < -0.3 is 4.74 Å². The summed E-state index contributed by atoms with van der Waals surface area (Å²) in [5.41, 5.74) is 0.579. The molecule has 2 heterocycles. The monoisotopic (exact) mass is 521 g/mol. The van der Waals surface area contributed by atoms with Gasteiger partial charge in [0, 0.05) is 12.1 Å². The van der Waals surface area contributed by atoms with Crippen LogP contribution in [0.4, 0.5) is 17.1 Å². The van der Waals surface area contributed by atoms with Crippen LogP contribution in [0.3, 0.4) is 0 Å². The van der Waals surface area contributed by atoms with Crippen molar-refractivity contribution in [1.82, 2.24) is 0 Å². The van der Waals surface area contributed by atoms with E-state index in [0.29, 0.717) is 22.7 Å². The highest BCUT2D eigenvalue weighted by Gasteiger charge is 2.72. The molecule has 0 aromatic heterocycles. The number of hydroxylamine groups is 1. The third-order valence-electron chi connectivity index (χ3n) is 7.31. The third kappa shape index (κ3) is 3.66. The SMILES string of the molecule is COc1ccc(N2C(=O)C3ON(c4ccccc4)C(c4ccccc4)C3(c3ccc([N+](=O)[O-])cc3)C2=O)cc1. The summed E-state index contributed by atoms with van der Waals surface area (Å²) >= 11 is 0. The summed E-state index contributed by atoms with van der Waals surface area (Å²) in [5.74, 6) is -0.427. The minimum Gasteiger partial charge on any atom is -0.497 e. The number of benzene rings is 4.